The minimum absolute atomic E-state index is 0.237. The van der Waals surface area contributed by atoms with Gasteiger partial charge in [-0.2, -0.15) is 0 Å². The predicted octanol–water partition coefficient (Wildman–Crippen LogP) is 1.68. The quantitative estimate of drug-likeness (QED) is 0.633. The van der Waals surface area contributed by atoms with Crippen LogP contribution < -0.4 is 10.6 Å². The molecule has 20 heavy (non-hydrogen) atoms. The van der Waals surface area contributed by atoms with Gasteiger partial charge in [0.05, 0.1) is 11.8 Å². The van der Waals surface area contributed by atoms with Crippen molar-refractivity contribution in [2.24, 2.45) is 0 Å². The van der Waals surface area contributed by atoms with Crippen LogP contribution in [-0.4, -0.2) is 35.5 Å². The lowest BCUT2D eigenvalue weighted by molar-refractivity contribution is 0.160. The van der Waals surface area contributed by atoms with E-state index in [2.05, 4.69) is 15.8 Å². The Morgan fingerprint density at radius 1 is 1.40 bits per heavy atom. The van der Waals surface area contributed by atoms with E-state index >= 15 is 0 Å². The number of aliphatic hydroxyl groups is 1. The Balaban J connectivity index is 2.13. The first-order valence-corrected chi connectivity index (χ1v) is 7.16. The molecule has 0 saturated heterocycles. The van der Waals surface area contributed by atoms with E-state index in [0.29, 0.717) is 19.5 Å². The molecule has 0 aliphatic heterocycles. The maximum absolute atomic E-state index is 11.5. The highest BCUT2D eigenvalue weighted by Gasteiger charge is 2.09. The zero-order valence-corrected chi connectivity index (χ0v) is 12.5. The molecule has 1 aromatic heterocycles. The number of hydrogen-bond acceptors (Lipinski definition) is 4. The number of nitrogens with zero attached hydrogens (tertiary/aromatic N) is 1. The fourth-order valence-electron chi connectivity index (χ4n) is 2.03. The van der Waals surface area contributed by atoms with E-state index < -0.39 is 6.10 Å². The number of carbonyl (C=O) groups is 1. The summed E-state index contributed by atoms with van der Waals surface area (Å²) in [5, 5.41) is 18.8. The van der Waals surface area contributed by atoms with Crippen molar-refractivity contribution in [3.8, 4) is 0 Å². The standard InChI is InChI=1S/C14H25N3O3/c1-4-6-12(18)9-16-14(19)15-8-5-7-13-10(2)17-20-11(13)3/h12,18H,4-9H2,1-3H3,(H2,15,16,19). The SMILES string of the molecule is CCCC(O)CNC(=O)NCCCc1c(C)noc1C. The van der Waals surface area contributed by atoms with Crippen LogP contribution in [0, 0.1) is 13.8 Å². The van der Waals surface area contributed by atoms with Crippen molar-refractivity contribution in [1.82, 2.24) is 15.8 Å². The van der Waals surface area contributed by atoms with E-state index in [1.807, 2.05) is 20.8 Å². The number of amides is 2. The van der Waals surface area contributed by atoms with Crippen LogP contribution in [0.15, 0.2) is 4.52 Å². The van der Waals surface area contributed by atoms with Gasteiger partial charge in [0.1, 0.15) is 5.76 Å². The molecule has 1 rings (SSSR count). The Morgan fingerprint density at radius 3 is 2.75 bits per heavy atom. The number of hydrogen-bond donors (Lipinski definition) is 3. The molecule has 0 bridgehead atoms. The number of urea groups is 1. The number of aryl methyl sites for hydroxylation is 2. The summed E-state index contributed by atoms with van der Waals surface area (Å²) in [7, 11) is 0. The van der Waals surface area contributed by atoms with Gasteiger partial charge in [-0.3, -0.25) is 0 Å². The maximum atomic E-state index is 11.5. The van der Waals surface area contributed by atoms with Crippen LogP contribution in [0.5, 0.6) is 0 Å². The molecule has 2 amide bonds. The van der Waals surface area contributed by atoms with Crippen LogP contribution in [0.25, 0.3) is 0 Å². The number of aromatic nitrogens is 1. The third kappa shape index (κ3) is 5.61. The fraction of sp³-hybridized carbons (Fsp3) is 0.714. The molecule has 1 heterocycles. The third-order valence-electron chi connectivity index (χ3n) is 3.19. The summed E-state index contributed by atoms with van der Waals surface area (Å²) < 4.78 is 5.08. The molecule has 0 aromatic carbocycles. The van der Waals surface area contributed by atoms with E-state index in [4.69, 9.17) is 4.52 Å². The molecule has 0 fully saturated rings. The topological polar surface area (TPSA) is 87.4 Å². The van der Waals surface area contributed by atoms with Crippen molar-refractivity contribution < 1.29 is 14.4 Å². The highest BCUT2D eigenvalue weighted by Crippen LogP contribution is 2.13. The Bertz CT molecular complexity index is 398. The van der Waals surface area contributed by atoms with Gasteiger partial charge >= 0.3 is 6.03 Å². The van der Waals surface area contributed by atoms with Crippen molar-refractivity contribution in [3.63, 3.8) is 0 Å². The van der Waals surface area contributed by atoms with Crippen molar-refractivity contribution in [2.45, 2.75) is 52.6 Å². The van der Waals surface area contributed by atoms with Gasteiger partial charge in [0.15, 0.2) is 0 Å². The monoisotopic (exact) mass is 283 g/mol. The Labute approximate surface area is 119 Å². The molecule has 3 N–H and O–H groups in total. The first-order chi connectivity index (χ1) is 9.54. The van der Waals surface area contributed by atoms with Crippen LogP contribution in [0.2, 0.25) is 0 Å². The molecule has 0 saturated carbocycles. The average molecular weight is 283 g/mol. The van der Waals surface area contributed by atoms with E-state index in [9.17, 15) is 9.90 Å². The molecule has 0 spiro atoms. The minimum atomic E-state index is -0.465. The Morgan fingerprint density at radius 2 is 2.15 bits per heavy atom. The van der Waals surface area contributed by atoms with Crippen LogP contribution in [-0.2, 0) is 6.42 Å². The number of aliphatic hydroxyl groups excluding tert-OH is 1. The van der Waals surface area contributed by atoms with Crippen LogP contribution in [0.1, 0.15) is 43.2 Å². The number of nitrogens with one attached hydrogen (secondary N) is 2. The second kappa shape index (κ2) is 8.58. The van der Waals surface area contributed by atoms with Crippen LogP contribution in [0.4, 0.5) is 4.79 Å². The molecular weight excluding hydrogens is 258 g/mol. The molecule has 1 atom stereocenters. The minimum Gasteiger partial charge on any atom is -0.391 e. The number of carbonyl (C=O) groups excluding carboxylic acids is 1. The van der Waals surface area contributed by atoms with Crippen molar-refractivity contribution in [3.05, 3.63) is 17.0 Å². The van der Waals surface area contributed by atoms with Crippen LogP contribution in [0.3, 0.4) is 0 Å². The van der Waals surface area contributed by atoms with E-state index in [1.54, 1.807) is 0 Å². The maximum Gasteiger partial charge on any atom is 0.314 e. The molecule has 1 aromatic rings. The van der Waals surface area contributed by atoms with Gasteiger partial charge in [-0.05, 0) is 33.1 Å². The summed E-state index contributed by atoms with van der Waals surface area (Å²) in [6, 6.07) is -0.237. The van der Waals surface area contributed by atoms with Gasteiger partial charge in [-0.15, -0.1) is 0 Å². The molecule has 114 valence electrons. The van der Waals surface area contributed by atoms with Gasteiger partial charge in [-0.1, -0.05) is 18.5 Å². The summed E-state index contributed by atoms with van der Waals surface area (Å²) in [4.78, 5) is 11.5. The van der Waals surface area contributed by atoms with Crippen LogP contribution >= 0.6 is 0 Å². The van der Waals surface area contributed by atoms with E-state index in [-0.39, 0.29) is 6.03 Å². The molecule has 6 nitrogen and oxygen atoms in total. The number of rotatable bonds is 8. The van der Waals surface area contributed by atoms with E-state index in [0.717, 1.165) is 36.3 Å². The summed E-state index contributed by atoms with van der Waals surface area (Å²) >= 11 is 0. The summed E-state index contributed by atoms with van der Waals surface area (Å²) in [6.45, 7) is 6.69. The predicted molar refractivity (Wildman–Crippen MR) is 76.6 cm³/mol. The van der Waals surface area contributed by atoms with Crippen molar-refractivity contribution in [1.29, 1.82) is 0 Å². The second-order valence-corrected chi connectivity index (χ2v) is 4.99. The van der Waals surface area contributed by atoms with Gasteiger partial charge in [0.25, 0.3) is 0 Å². The second-order valence-electron chi connectivity index (χ2n) is 4.99. The highest BCUT2D eigenvalue weighted by molar-refractivity contribution is 5.73. The first-order valence-electron chi connectivity index (χ1n) is 7.16. The summed E-state index contributed by atoms with van der Waals surface area (Å²) in [5.74, 6) is 0.842. The largest absolute Gasteiger partial charge is 0.391 e. The lowest BCUT2D eigenvalue weighted by Crippen LogP contribution is -2.40. The van der Waals surface area contributed by atoms with Gasteiger partial charge in [-0.25, -0.2) is 4.79 Å². The smallest absolute Gasteiger partial charge is 0.314 e. The zero-order chi connectivity index (χ0) is 15.0. The zero-order valence-electron chi connectivity index (χ0n) is 12.5. The molecule has 1 unspecified atom stereocenters. The fourth-order valence-corrected chi connectivity index (χ4v) is 2.03. The molecule has 0 aliphatic carbocycles. The Hall–Kier alpha value is -1.56. The highest BCUT2D eigenvalue weighted by atomic mass is 16.5. The van der Waals surface area contributed by atoms with Gasteiger partial charge in [0.2, 0.25) is 0 Å². The first kappa shape index (κ1) is 16.5. The molecule has 0 aliphatic rings. The summed E-state index contributed by atoms with van der Waals surface area (Å²) in [6.07, 6.45) is 2.80. The lowest BCUT2D eigenvalue weighted by atomic mass is 10.1. The molecule has 0 radical (unpaired) electrons. The third-order valence-corrected chi connectivity index (χ3v) is 3.19. The molecule has 6 heteroatoms. The summed E-state index contributed by atoms with van der Waals surface area (Å²) in [5.41, 5.74) is 2.03. The molecular formula is C14H25N3O3. The van der Waals surface area contributed by atoms with Crippen molar-refractivity contribution in [2.75, 3.05) is 13.1 Å². The van der Waals surface area contributed by atoms with Gasteiger partial charge < -0.3 is 20.3 Å². The van der Waals surface area contributed by atoms with E-state index in [1.165, 1.54) is 0 Å². The average Bonchev–Trinajstić information content (AvgIpc) is 2.73. The van der Waals surface area contributed by atoms with Crippen molar-refractivity contribution >= 4 is 6.03 Å². The Kier molecular flexibility index (Phi) is 7.08. The lowest BCUT2D eigenvalue weighted by Gasteiger charge is -2.11. The van der Waals surface area contributed by atoms with Gasteiger partial charge in [0, 0.05) is 18.7 Å². The normalized spacial score (nSPS) is 12.2.